The van der Waals surface area contributed by atoms with E-state index in [-0.39, 0.29) is 5.91 Å². The molecule has 0 saturated heterocycles. The maximum absolute atomic E-state index is 10.7. The Hall–Kier alpha value is -1.02. The van der Waals surface area contributed by atoms with Gasteiger partial charge in [-0.2, -0.15) is 0 Å². The highest BCUT2D eigenvalue weighted by molar-refractivity contribution is 6.32. The number of nitrogens with one attached hydrogen (secondary N) is 1. The maximum atomic E-state index is 10.7. The lowest BCUT2D eigenvalue weighted by Gasteiger charge is -2.03. The van der Waals surface area contributed by atoms with Crippen LogP contribution in [-0.2, 0) is 4.79 Å². The van der Waals surface area contributed by atoms with Gasteiger partial charge in [0.25, 0.3) is 0 Å². The van der Waals surface area contributed by atoms with Gasteiger partial charge in [0.15, 0.2) is 0 Å². The normalized spacial score (nSPS) is 16.4. The molecule has 3 heteroatoms. The Morgan fingerprint density at radius 2 is 2.29 bits per heavy atom. The average Bonchev–Trinajstić information content (AvgIpc) is 2.28. The van der Waals surface area contributed by atoms with Gasteiger partial charge in [-0.3, -0.25) is 4.79 Å². The fraction of sp³-hybridized carbons (Fsp3) is 0.364. The zero-order valence-corrected chi connectivity index (χ0v) is 9.19. The van der Waals surface area contributed by atoms with E-state index in [0.717, 1.165) is 22.6 Å². The molecule has 1 N–H and O–H groups in total. The first-order valence-corrected chi connectivity index (χ1v) is 4.94. The first kappa shape index (κ1) is 11.1. The van der Waals surface area contributed by atoms with E-state index >= 15 is 0 Å². The summed E-state index contributed by atoms with van der Waals surface area (Å²) in [7, 11) is 0. The molecular weight excluding hydrogens is 198 g/mol. The number of rotatable bonds is 2. The predicted octanol–water partition coefficient (Wildman–Crippen LogP) is 2.52. The third-order valence-corrected chi connectivity index (χ3v) is 2.51. The molecule has 0 heterocycles. The van der Waals surface area contributed by atoms with Crippen LogP contribution in [0.15, 0.2) is 34.4 Å². The van der Waals surface area contributed by atoms with Gasteiger partial charge in [-0.1, -0.05) is 29.8 Å². The molecule has 1 amide bonds. The summed E-state index contributed by atoms with van der Waals surface area (Å²) in [5.74, 6) is -0.00840. The van der Waals surface area contributed by atoms with Crippen LogP contribution < -0.4 is 5.32 Å². The van der Waals surface area contributed by atoms with Gasteiger partial charge in [0.1, 0.15) is 0 Å². The van der Waals surface area contributed by atoms with Crippen LogP contribution in [0.1, 0.15) is 20.3 Å². The van der Waals surface area contributed by atoms with Crippen molar-refractivity contribution in [1.82, 2.24) is 5.32 Å². The van der Waals surface area contributed by atoms with Crippen LogP contribution in [0.2, 0.25) is 0 Å². The Balaban J connectivity index is 2.61. The van der Waals surface area contributed by atoms with Gasteiger partial charge in [-0.05, 0) is 24.5 Å². The Kier molecular flexibility index (Phi) is 3.96. The van der Waals surface area contributed by atoms with Crippen LogP contribution in [-0.4, -0.2) is 12.5 Å². The molecule has 0 spiro atoms. The summed E-state index contributed by atoms with van der Waals surface area (Å²) in [5, 5.41) is 3.55. The number of carbonyl (C=O) groups is 1. The summed E-state index contributed by atoms with van der Waals surface area (Å²) >= 11 is 5.97. The number of allylic oxidation sites excluding steroid dienone is 5. The quantitative estimate of drug-likeness (QED) is 0.747. The van der Waals surface area contributed by atoms with Crippen molar-refractivity contribution in [2.75, 3.05) is 6.54 Å². The highest BCUT2D eigenvalue weighted by atomic mass is 35.5. The molecule has 1 rings (SSSR count). The third kappa shape index (κ3) is 3.38. The number of hydrogen-bond acceptors (Lipinski definition) is 1. The van der Waals surface area contributed by atoms with E-state index in [2.05, 4.69) is 5.32 Å². The molecule has 0 saturated carbocycles. The van der Waals surface area contributed by atoms with Crippen molar-refractivity contribution in [3.8, 4) is 0 Å². The van der Waals surface area contributed by atoms with Crippen molar-refractivity contribution in [1.29, 1.82) is 0 Å². The van der Waals surface area contributed by atoms with Gasteiger partial charge >= 0.3 is 0 Å². The number of hydrogen-bond donors (Lipinski definition) is 1. The molecule has 0 aromatic heterocycles. The van der Waals surface area contributed by atoms with E-state index in [1.54, 1.807) is 0 Å². The summed E-state index contributed by atoms with van der Waals surface area (Å²) in [6, 6.07) is 0. The molecule has 1 aliphatic carbocycles. The zero-order chi connectivity index (χ0) is 10.6. The van der Waals surface area contributed by atoms with E-state index in [1.165, 1.54) is 6.92 Å². The third-order valence-electron chi connectivity index (χ3n) is 2.05. The van der Waals surface area contributed by atoms with Crippen LogP contribution in [0.4, 0.5) is 0 Å². The van der Waals surface area contributed by atoms with Crippen LogP contribution in [0.5, 0.6) is 0 Å². The molecule has 2 nitrogen and oxygen atoms in total. The van der Waals surface area contributed by atoms with Gasteiger partial charge in [0, 0.05) is 18.5 Å². The lowest BCUT2D eigenvalue weighted by molar-refractivity contribution is -0.118. The minimum absolute atomic E-state index is 0.00840. The number of amides is 1. The van der Waals surface area contributed by atoms with Gasteiger partial charge in [-0.15, -0.1) is 0 Å². The standard InChI is InChI=1S/C11H14ClNO/c1-8-3-4-10(5-6-11(8)12)7-13-9(2)14/h3-4,6H,5,7H2,1-2H3,(H,13,14). The lowest BCUT2D eigenvalue weighted by Crippen LogP contribution is -2.22. The Morgan fingerprint density at radius 3 is 2.93 bits per heavy atom. The molecule has 0 bridgehead atoms. The van der Waals surface area contributed by atoms with Crippen molar-refractivity contribution < 1.29 is 4.79 Å². The van der Waals surface area contributed by atoms with Crippen molar-refractivity contribution in [3.63, 3.8) is 0 Å². The molecule has 1 aliphatic rings. The fourth-order valence-corrected chi connectivity index (χ4v) is 1.28. The summed E-state index contributed by atoms with van der Waals surface area (Å²) in [4.78, 5) is 10.7. The Labute approximate surface area is 89.3 Å². The molecule has 0 aromatic rings. The fourth-order valence-electron chi connectivity index (χ4n) is 1.14. The Bertz CT molecular complexity index is 326. The molecule has 0 aliphatic heterocycles. The summed E-state index contributed by atoms with van der Waals surface area (Å²) in [6.45, 7) is 4.08. The highest BCUT2D eigenvalue weighted by Gasteiger charge is 2.02. The second kappa shape index (κ2) is 5.01. The van der Waals surface area contributed by atoms with Crippen molar-refractivity contribution in [2.45, 2.75) is 20.3 Å². The summed E-state index contributed by atoms with van der Waals surface area (Å²) < 4.78 is 0. The van der Waals surface area contributed by atoms with E-state index in [4.69, 9.17) is 11.6 Å². The second-order valence-corrected chi connectivity index (χ2v) is 3.75. The second-order valence-electron chi connectivity index (χ2n) is 3.34. The predicted molar refractivity (Wildman–Crippen MR) is 59.1 cm³/mol. The summed E-state index contributed by atoms with van der Waals surface area (Å²) in [6.07, 6.45) is 6.75. The minimum atomic E-state index is -0.00840. The zero-order valence-electron chi connectivity index (χ0n) is 8.43. The number of carbonyl (C=O) groups excluding carboxylic acids is 1. The summed E-state index contributed by atoms with van der Waals surface area (Å²) in [5.41, 5.74) is 2.22. The highest BCUT2D eigenvalue weighted by Crippen LogP contribution is 2.20. The Morgan fingerprint density at radius 1 is 1.57 bits per heavy atom. The molecular formula is C11H14ClNO. The van der Waals surface area contributed by atoms with Gasteiger partial charge in [0.05, 0.1) is 0 Å². The molecule has 0 fully saturated rings. The smallest absolute Gasteiger partial charge is 0.217 e. The van der Waals surface area contributed by atoms with E-state index in [1.807, 2.05) is 25.2 Å². The molecule has 0 unspecified atom stereocenters. The molecule has 0 radical (unpaired) electrons. The van der Waals surface area contributed by atoms with E-state index < -0.39 is 0 Å². The minimum Gasteiger partial charge on any atom is -0.353 e. The van der Waals surface area contributed by atoms with Crippen LogP contribution in [0.3, 0.4) is 0 Å². The monoisotopic (exact) mass is 211 g/mol. The largest absolute Gasteiger partial charge is 0.353 e. The molecule has 76 valence electrons. The van der Waals surface area contributed by atoms with Crippen molar-refractivity contribution in [2.24, 2.45) is 0 Å². The maximum Gasteiger partial charge on any atom is 0.217 e. The molecule has 14 heavy (non-hydrogen) atoms. The van der Waals surface area contributed by atoms with Crippen LogP contribution in [0, 0.1) is 0 Å². The van der Waals surface area contributed by atoms with Gasteiger partial charge in [-0.25, -0.2) is 0 Å². The first-order chi connectivity index (χ1) is 6.59. The average molecular weight is 212 g/mol. The lowest BCUT2D eigenvalue weighted by atomic mass is 10.2. The number of halogens is 1. The molecule has 0 atom stereocenters. The van der Waals surface area contributed by atoms with Crippen molar-refractivity contribution >= 4 is 17.5 Å². The van der Waals surface area contributed by atoms with E-state index in [9.17, 15) is 4.79 Å². The first-order valence-electron chi connectivity index (χ1n) is 4.56. The molecule has 0 aromatic carbocycles. The van der Waals surface area contributed by atoms with E-state index in [0.29, 0.717) is 6.54 Å². The SMILES string of the molecule is CC(=O)NCC1=CC=C(C)C(Cl)=CC1. The van der Waals surface area contributed by atoms with Crippen LogP contribution >= 0.6 is 11.6 Å². The van der Waals surface area contributed by atoms with Crippen LogP contribution in [0.25, 0.3) is 0 Å². The van der Waals surface area contributed by atoms with Crippen molar-refractivity contribution in [3.05, 3.63) is 34.4 Å². The van der Waals surface area contributed by atoms with Gasteiger partial charge < -0.3 is 5.32 Å². The van der Waals surface area contributed by atoms with Gasteiger partial charge in [0.2, 0.25) is 5.91 Å². The topological polar surface area (TPSA) is 29.1 Å².